The average Bonchev–Trinajstić information content (AvgIpc) is 2.03. The van der Waals surface area contributed by atoms with Crippen LogP contribution < -0.4 is 5.73 Å². The number of nitrogens with two attached hydrogens (primary N) is 1. The van der Waals surface area contributed by atoms with Gasteiger partial charge in [0.05, 0.1) is 12.1 Å². The lowest BCUT2D eigenvalue weighted by molar-refractivity contribution is 0.164. The van der Waals surface area contributed by atoms with E-state index >= 15 is 0 Å². The summed E-state index contributed by atoms with van der Waals surface area (Å²) in [6.07, 6.45) is 0.638. The van der Waals surface area contributed by atoms with Crippen molar-refractivity contribution in [2.75, 3.05) is 0 Å². The maximum Gasteiger partial charge on any atom is 0.213 e. The number of aliphatic hydroxyl groups is 1. The van der Waals surface area contributed by atoms with E-state index in [1.54, 1.807) is 13.0 Å². The fourth-order valence-corrected chi connectivity index (χ4v) is 0.903. The van der Waals surface area contributed by atoms with Gasteiger partial charge in [0.2, 0.25) is 5.95 Å². The zero-order valence-corrected chi connectivity index (χ0v) is 6.74. The number of halogens is 1. The highest BCUT2D eigenvalue weighted by Crippen LogP contribution is 2.13. The fraction of sp³-hybridized carbons (Fsp3) is 0.375. The zero-order valence-electron chi connectivity index (χ0n) is 6.74. The summed E-state index contributed by atoms with van der Waals surface area (Å²) < 4.78 is 12.5. The van der Waals surface area contributed by atoms with Crippen LogP contribution >= 0.6 is 0 Å². The van der Waals surface area contributed by atoms with Crippen molar-refractivity contribution in [2.24, 2.45) is 5.73 Å². The summed E-state index contributed by atoms with van der Waals surface area (Å²) in [5.41, 5.74) is 6.12. The van der Waals surface area contributed by atoms with E-state index in [-0.39, 0.29) is 0 Å². The van der Waals surface area contributed by atoms with E-state index in [0.717, 1.165) is 0 Å². The van der Waals surface area contributed by atoms with Gasteiger partial charge in [-0.2, -0.15) is 4.39 Å². The molecule has 0 aliphatic heterocycles. The number of aliphatic hydroxyl groups excluding tert-OH is 1. The van der Waals surface area contributed by atoms with E-state index in [1.165, 1.54) is 12.3 Å². The number of nitrogens with zero attached hydrogens (tertiary/aromatic N) is 1. The first-order chi connectivity index (χ1) is 5.61. The fourth-order valence-electron chi connectivity index (χ4n) is 0.903. The van der Waals surface area contributed by atoms with Gasteiger partial charge in [0.1, 0.15) is 0 Å². The molecule has 3 N–H and O–H groups in total. The number of rotatable bonds is 2. The predicted octanol–water partition coefficient (Wildman–Crippen LogP) is 0.601. The number of aromatic nitrogens is 1. The summed E-state index contributed by atoms with van der Waals surface area (Å²) in [6.45, 7) is 1.56. The Morgan fingerprint density at radius 3 is 2.83 bits per heavy atom. The van der Waals surface area contributed by atoms with Gasteiger partial charge >= 0.3 is 0 Å². The third-order valence-electron chi connectivity index (χ3n) is 1.66. The molecule has 0 aliphatic carbocycles. The Morgan fingerprint density at radius 2 is 2.33 bits per heavy atom. The van der Waals surface area contributed by atoms with Gasteiger partial charge in [-0.1, -0.05) is 0 Å². The highest BCUT2D eigenvalue weighted by Gasteiger charge is 2.12. The van der Waals surface area contributed by atoms with Gasteiger partial charge in [-0.15, -0.1) is 0 Å². The van der Waals surface area contributed by atoms with Crippen molar-refractivity contribution in [2.45, 2.75) is 19.1 Å². The second-order valence-corrected chi connectivity index (χ2v) is 2.68. The third-order valence-corrected chi connectivity index (χ3v) is 1.66. The van der Waals surface area contributed by atoms with E-state index in [9.17, 15) is 4.39 Å². The molecule has 0 unspecified atom stereocenters. The summed E-state index contributed by atoms with van der Waals surface area (Å²) >= 11 is 0. The van der Waals surface area contributed by atoms with Gasteiger partial charge in [0.25, 0.3) is 0 Å². The highest BCUT2D eigenvalue weighted by molar-refractivity contribution is 5.16. The second-order valence-electron chi connectivity index (χ2n) is 2.68. The summed E-state index contributed by atoms with van der Waals surface area (Å²) in [6, 6.07) is 2.25. The van der Waals surface area contributed by atoms with E-state index < -0.39 is 18.1 Å². The van der Waals surface area contributed by atoms with Crippen molar-refractivity contribution in [1.29, 1.82) is 0 Å². The molecule has 1 rings (SSSR count). The van der Waals surface area contributed by atoms with Crippen LogP contribution in [0, 0.1) is 5.95 Å². The molecule has 1 aromatic heterocycles. The quantitative estimate of drug-likeness (QED) is 0.639. The number of pyridine rings is 1. The van der Waals surface area contributed by atoms with E-state index in [1.807, 2.05) is 0 Å². The largest absolute Gasteiger partial charge is 0.391 e. The van der Waals surface area contributed by atoms with Crippen LogP contribution in [0.5, 0.6) is 0 Å². The molecule has 0 amide bonds. The standard InChI is InChI=1S/C8H11FN2O/c1-5(12)8(10)6-2-3-11-7(9)4-6/h2-5,8,12H,10H2,1H3/t5-,8-/m1/s1. The van der Waals surface area contributed by atoms with Gasteiger partial charge in [-0.05, 0) is 24.6 Å². The minimum Gasteiger partial charge on any atom is -0.391 e. The van der Waals surface area contributed by atoms with Gasteiger partial charge in [-0.3, -0.25) is 0 Å². The summed E-state index contributed by atoms with van der Waals surface area (Å²) in [4.78, 5) is 3.38. The molecule has 1 aromatic rings. The third kappa shape index (κ3) is 1.99. The smallest absolute Gasteiger partial charge is 0.213 e. The summed E-state index contributed by atoms with van der Waals surface area (Å²) in [5.74, 6) is -0.580. The molecule has 0 aromatic carbocycles. The molecule has 0 fully saturated rings. The Kier molecular flexibility index (Phi) is 2.73. The van der Waals surface area contributed by atoms with E-state index in [2.05, 4.69) is 4.98 Å². The van der Waals surface area contributed by atoms with Crippen molar-refractivity contribution < 1.29 is 9.50 Å². The highest BCUT2D eigenvalue weighted by atomic mass is 19.1. The van der Waals surface area contributed by atoms with Crippen molar-refractivity contribution in [3.63, 3.8) is 0 Å². The summed E-state index contributed by atoms with van der Waals surface area (Å²) in [7, 11) is 0. The Morgan fingerprint density at radius 1 is 1.67 bits per heavy atom. The SMILES string of the molecule is C[C@@H](O)[C@@H](N)c1ccnc(F)c1. The van der Waals surface area contributed by atoms with Crippen molar-refractivity contribution >= 4 is 0 Å². The zero-order chi connectivity index (χ0) is 9.14. The molecule has 0 saturated carbocycles. The lowest BCUT2D eigenvalue weighted by atomic mass is 10.1. The molecule has 66 valence electrons. The van der Waals surface area contributed by atoms with Crippen molar-refractivity contribution in [1.82, 2.24) is 4.98 Å². The number of hydrogen-bond acceptors (Lipinski definition) is 3. The first-order valence-corrected chi connectivity index (χ1v) is 3.66. The van der Waals surface area contributed by atoms with Crippen LogP contribution in [-0.2, 0) is 0 Å². The van der Waals surface area contributed by atoms with Crippen LogP contribution in [0.3, 0.4) is 0 Å². The number of hydrogen-bond donors (Lipinski definition) is 2. The first-order valence-electron chi connectivity index (χ1n) is 3.66. The Bertz CT molecular complexity index is 265. The topological polar surface area (TPSA) is 59.1 Å². The average molecular weight is 170 g/mol. The second kappa shape index (κ2) is 3.60. The van der Waals surface area contributed by atoms with Crippen LogP contribution in [0.25, 0.3) is 0 Å². The molecule has 4 heteroatoms. The van der Waals surface area contributed by atoms with Crippen molar-refractivity contribution in [3.8, 4) is 0 Å². The minimum atomic E-state index is -0.688. The lowest BCUT2D eigenvalue weighted by Gasteiger charge is -2.14. The van der Waals surface area contributed by atoms with Gasteiger partial charge < -0.3 is 10.8 Å². The van der Waals surface area contributed by atoms with Crippen LogP contribution in [-0.4, -0.2) is 16.2 Å². The maximum atomic E-state index is 12.5. The molecule has 0 radical (unpaired) electrons. The Balaban J connectivity index is 2.88. The van der Waals surface area contributed by atoms with Gasteiger partial charge in [0.15, 0.2) is 0 Å². The monoisotopic (exact) mass is 170 g/mol. The molecule has 12 heavy (non-hydrogen) atoms. The van der Waals surface area contributed by atoms with E-state index in [4.69, 9.17) is 10.8 Å². The molecule has 0 spiro atoms. The van der Waals surface area contributed by atoms with Crippen molar-refractivity contribution in [3.05, 3.63) is 29.8 Å². The molecular weight excluding hydrogens is 159 g/mol. The van der Waals surface area contributed by atoms with Gasteiger partial charge in [0, 0.05) is 6.20 Å². The summed E-state index contributed by atoms with van der Waals surface area (Å²) in [5, 5.41) is 9.10. The first kappa shape index (κ1) is 9.09. The molecule has 0 saturated heterocycles. The predicted molar refractivity (Wildman–Crippen MR) is 42.8 cm³/mol. The molecular formula is C8H11FN2O. The molecule has 1 heterocycles. The Hall–Kier alpha value is -1.00. The van der Waals surface area contributed by atoms with Crippen LogP contribution in [0.1, 0.15) is 18.5 Å². The van der Waals surface area contributed by atoms with Crippen LogP contribution in [0.4, 0.5) is 4.39 Å². The maximum absolute atomic E-state index is 12.5. The van der Waals surface area contributed by atoms with Crippen LogP contribution in [0.15, 0.2) is 18.3 Å². The van der Waals surface area contributed by atoms with Crippen LogP contribution in [0.2, 0.25) is 0 Å². The molecule has 2 atom stereocenters. The normalized spacial score (nSPS) is 15.7. The molecule has 3 nitrogen and oxygen atoms in total. The minimum absolute atomic E-state index is 0.553. The van der Waals surface area contributed by atoms with E-state index in [0.29, 0.717) is 5.56 Å². The molecule has 0 aliphatic rings. The Labute approximate surface area is 70.0 Å². The van der Waals surface area contributed by atoms with Gasteiger partial charge in [-0.25, -0.2) is 4.98 Å². The molecule has 0 bridgehead atoms. The lowest BCUT2D eigenvalue weighted by Crippen LogP contribution is -2.23.